The summed E-state index contributed by atoms with van der Waals surface area (Å²) in [7, 11) is -1.24. The molecule has 0 N–H and O–H groups in total. The fourth-order valence-corrected chi connectivity index (χ4v) is 13.0. The maximum absolute atomic E-state index is 2.60. The predicted molar refractivity (Wildman–Crippen MR) is 287 cm³/mol. The Hall–Kier alpha value is -2.26. The van der Waals surface area contributed by atoms with Crippen LogP contribution in [0.1, 0.15) is 224 Å². The normalized spacial score (nSPS) is 14.0. The number of benzene rings is 4. The lowest BCUT2D eigenvalue weighted by atomic mass is 9.81. The molecule has 0 amide bonds. The molecule has 0 radical (unpaired) electrons. The van der Waals surface area contributed by atoms with Gasteiger partial charge in [0.15, 0.2) is 0 Å². The van der Waals surface area contributed by atoms with Gasteiger partial charge in [0.25, 0.3) is 0 Å². The van der Waals surface area contributed by atoms with Crippen molar-refractivity contribution in [3.8, 4) is 0 Å². The summed E-state index contributed by atoms with van der Waals surface area (Å²) in [6.45, 7) is 57.3. The average Bonchev–Trinajstić information content (AvgIpc) is 3.09. The third kappa shape index (κ3) is 13.6. The molecule has 0 spiro atoms. The molecule has 0 fully saturated rings. The van der Waals surface area contributed by atoms with Gasteiger partial charge in [0.1, 0.15) is 0 Å². The standard InChI is InChI=1S/C60H92P2/c1-53(2,3)41-29-42(54(4,5)6)34-49(33-41)61(50-35-43(55(7,8)9)30-44(36-50)56(10,11)12)27-25-26-28-62(51-37-45(57(13,14)15)31-46(38-51)58(16,17)18)52-39-47(59(19,20)21)32-48(40-52)60(22,23)24/h29-40H,25-28H2,1-24H3. The first kappa shape index (κ1) is 52.4. The van der Waals surface area contributed by atoms with E-state index in [9.17, 15) is 0 Å². The van der Waals surface area contributed by atoms with E-state index in [2.05, 4.69) is 239 Å². The second-order valence-corrected chi connectivity index (χ2v) is 31.8. The van der Waals surface area contributed by atoms with E-state index in [0.717, 1.165) is 0 Å². The fraction of sp³-hybridized carbons (Fsp3) is 0.600. The molecule has 0 saturated heterocycles. The summed E-state index contributed by atoms with van der Waals surface area (Å²) in [6, 6.07) is 30.9. The summed E-state index contributed by atoms with van der Waals surface area (Å²) >= 11 is 0. The molecule has 342 valence electrons. The van der Waals surface area contributed by atoms with Crippen LogP contribution in [-0.2, 0) is 43.3 Å². The van der Waals surface area contributed by atoms with Crippen LogP contribution in [0, 0.1) is 0 Å². The minimum atomic E-state index is -0.619. The van der Waals surface area contributed by atoms with Gasteiger partial charge in [-0.1, -0.05) is 239 Å². The van der Waals surface area contributed by atoms with Gasteiger partial charge in [-0.2, -0.15) is 0 Å². The zero-order valence-electron chi connectivity index (χ0n) is 44.7. The van der Waals surface area contributed by atoms with Crippen LogP contribution in [0.2, 0.25) is 0 Å². The van der Waals surface area contributed by atoms with Crippen molar-refractivity contribution in [1.82, 2.24) is 0 Å². The summed E-state index contributed by atoms with van der Waals surface area (Å²) in [5, 5.41) is 6.19. The lowest BCUT2D eigenvalue weighted by molar-refractivity contribution is 0.568. The fourth-order valence-electron chi connectivity index (χ4n) is 7.89. The van der Waals surface area contributed by atoms with E-state index in [0.29, 0.717) is 0 Å². The van der Waals surface area contributed by atoms with Crippen molar-refractivity contribution in [2.75, 3.05) is 12.3 Å². The van der Waals surface area contributed by atoms with Gasteiger partial charge in [0, 0.05) is 0 Å². The van der Waals surface area contributed by atoms with Crippen LogP contribution in [-0.4, -0.2) is 12.3 Å². The summed E-state index contributed by atoms with van der Waals surface area (Å²) in [5.74, 6) is 0. The predicted octanol–water partition coefficient (Wildman–Crippen LogP) is 16.4. The first-order valence-electron chi connectivity index (χ1n) is 24.0. The molecule has 0 nitrogen and oxygen atoms in total. The Kier molecular flexibility index (Phi) is 15.4. The lowest BCUT2D eigenvalue weighted by Gasteiger charge is -2.32. The van der Waals surface area contributed by atoms with Gasteiger partial charge in [0.2, 0.25) is 0 Å². The molecule has 2 heteroatoms. The largest absolute Gasteiger partial charge is 0.0561 e. The van der Waals surface area contributed by atoms with Gasteiger partial charge in [-0.05, 0) is 150 Å². The molecule has 0 saturated carbocycles. The van der Waals surface area contributed by atoms with Gasteiger partial charge >= 0.3 is 0 Å². The van der Waals surface area contributed by atoms with Crippen molar-refractivity contribution in [2.45, 2.75) is 222 Å². The molecule has 4 aromatic carbocycles. The highest BCUT2D eigenvalue weighted by molar-refractivity contribution is 7.73. The summed E-state index contributed by atoms with van der Waals surface area (Å²) in [5.41, 5.74) is 12.2. The van der Waals surface area contributed by atoms with Gasteiger partial charge < -0.3 is 0 Å². The number of hydrogen-bond donors (Lipinski definition) is 0. The maximum atomic E-state index is 2.60. The molecule has 4 aromatic rings. The zero-order chi connectivity index (χ0) is 47.4. The molecule has 4 rings (SSSR count). The molecule has 0 aliphatic rings. The van der Waals surface area contributed by atoms with E-state index < -0.39 is 15.8 Å². The smallest absolute Gasteiger partial charge is 0.0132 e. The van der Waals surface area contributed by atoms with E-state index in [1.54, 1.807) is 21.2 Å². The van der Waals surface area contributed by atoms with Crippen LogP contribution in [0.15, 0.2) is 72.8 Å². The maximum Gasteiger partial charge on any atom is -0.0132 e. The Morgan fingerprint density at radius 1 is 0.226 bits per heavy atom. The van der Waals surface area contributed by atoms with Crippen LogP contribution in [0.3, 0.4) is 0 Å². The molecule has 0 aliphatic heterocycles. The van der Waals surface area contributed by atoms with E-state index in [-0.39, 0.29) is 43.3 Å². The Morgan fingerprint density at radius 2 is 0.355 bits per heavy atom. The molecule has 0 aliphatic carbocycles. The monoisotopic (exact) mass is 875 g/mol. The Morgan fingerprint density at radius 3 is 0.468 bits per heavy atom. The highest BCUT2D eigenvalue weighted by Crippen LogP contribution is 2.44. The van der Waals surface area contributed by atoms with Crippen LogP contribution in [0.5, 0.6) is 0 Å². The molecule has 62 heavy (non-hydrogen) atoms. The average molecular weight is 875 g/mol. The molecular formula is C60H92P2. The SMILES string of the molecule is CC(C)(C)c1cc(P(CCCCP(c2cc(C(C)(C)C)cc(C(C)(C)C)c2)c2cc(C(C)(C)C)cc(C(C)(C)C)c2)c2cc(C(C)(C)C)cc(C(C)(C)C)c2)cc(C(C)(C)C)c1. The molecule has 0 aromatic heterocycles. The van der Waals surface area contributed by atoms with E-state index in [1.807, 2.05) is 0 Å². The summed E-state index contributed by atoms with van der Waals surface area (Å²) < 4.78 is 0. The molecular weight excluding hydrogens is 783 g/mol. The van der Waals surface area contributed by atoms with E-state index >= 15 is 0 Å². The van der Waals surface area contributed by atoms with Gasteiger partial charge in [-0.3, -0.25) is 0 Å². The topological polar surface area (TPSA) is 0 Å². The van der Waals surface area contributed by atoms with Crippen molar-refractivity contribution in [1.29, 1.82) is 0 Å². The molecule has 0 unspecified atom stereocenters. The van der Waals surface area contributed by atoms with E-state index in [1.165, 1.54) is 69.7 Å². The highest BCUT2D eigenvalue weighted by atomic mass is 31.1. The molecule has 0 heterocycles. The molecule has 0 bridgehead atoms. The van der Waals surface area contributed by atoms with Crippen molar-refractivity contribution < 1.29 is 0 Å². The Balaban J connectivity index is 1.95. The minimum absolute atomic E-state index is 0.0671. The van der Waals surface area contributed by atoms with Crippen LogP contribution >= 0.6 is 15.8 Å². The number of hydrogen-bond acceptors (Lipinski definition) is 0. The molecule has 0 atom stereocenters. The highest BCUT2D eigenvalue weighted by Gasteiger charge is 2.30. The summed E-state index contributed by atoms with van der Waals surface area (Å²) in [6.07, 6.45) is 4.79. The second-order valence-electron chi connectivity index (χ2n) is 27.1. The third-order valence-corrected chi connectivity index (χ3v) is 17.9. The van der Waals surface area contributed by atoms with Gasteiger partial charge in [-0.25, -0.2) is 0 Å². The number of rotatable bonds is 9. The Labute approximate surface area is 387 Å². The van der Waals surface area contributed by atoms with Crippen molar-refractivity contribution in [2.24, 2.45) is 0 Å². The van der Waals surface area contributed by atoms with E-state index in [4.69, 9.17) is 0 Å². The second kappa shape index (κ2) is 18.2. The first-order valence-corrected chi connectivity index (χ1v) is 27.0. The van der Waals surface area contributed by atoms with Crippen LogP contribution < -0.4 is 21.2 Å². The van der Waals surface area contributed by atoms with Crippen molar-refractivity contribution in [3.63, 3.8) is 0 Å². The number of unbranched alkanes of at least 4 members (excludes halogenated alkanes) is 1. The summed E-state index contributed by atoms with van der Waals surface area (Å²) in [4.78, 5) is 0. The minimum Gasteiger partial charge on any atom is -0.0561 e. The van der Waals surface area contributed by atoms with Crippen LogP contribution in [0.25, 0.3) is 0 Å². The van der Waals surface area contributed by atoms with Crippen molar-refractivity contribution in [3.05, 3.63) is 117 Å². The lowest BCUT2D eigenvalue weighted by Crippen LogP contribution is -2.26. The Bertz CT molecular complexity index is 1720. The first-order chi connectivity index (χ1) is 27.8. The van der Waals surface area contributed by atoms with Crippen LogP contribution in [0.4, 0.5) is 0 Å². The zero-order valence-corrected chi connectivity index (χ0v) is 46.4. The third-order valence-electron chi connectivity index (χ3n) is 12.9. The quantitative estimate of drug-likeness (QED) is 0.116. The van der Waals surface area contributed by atoms with Gasteiger partial charge in [-0.15, -0.1) is 0 Å². The van der Waals surface area contributed by atoms with Crippen molar-refractivity contribution >= 4 is 37.1 Å². The van der Waals surface area contributed by atoms with Gasteiger partial charge in [0.05, 0.1) is 0 Å².